The van der Waals surface area contributed by atoms with Gasteiger partial charge in [0.2, 0.25) is 0 Å². The van der Waals surface area contributed by atoms with E-state index in [2.05, 4.69) is 19.9 Å². The van der Waals surface area contributed by atoms with Gasteiger partial charge in [0, 0.05) is 33.3 Å². The molecule has 1 saturated heterocycles. The van der Waals surface area contributed by atoms with Gasteiger partial charge in [-0.3, -0.25) is 4.99 Å². The summed E-state index contributed by atoms with van der Waals surface area (Å²) in [4.78, 5) is 6.56. The fourth-order valence-corrected chi connectivity index (χ4v) is 3.19. The van der Waals surface area contributed by atoms with Gasteiger partial charge < -0.3 is 24.4 Å². The maximum absolute atomic E-state index is 12.5. The zero-order valence-corrected chi connectivity index (χ0v) is 16.2. The fraction of sp³-hybridized carbons (Fsp3) is 0.632. The zero-order valence-electron chi connectivity index (χ0n) is 16.2. The molecular weight excluding hydrogens is 356 g/mol. The summed E-state index contributed by atoms with van der Waals surface area (Å²) >= 11 is 0. The molecule has 0 atom stereocenters. The Kier molecular flexibility index (Phi) is 8.57. The highest BCUT2D eigenvalue weighted by atomic mass is 19.3. The van der Waals surface area contributed by atoms with Gasteiger partial charge in [0.15, 0.2) is 17.5 Å². The van der Waals surface area contributed by atoms with E-state index in [1.54, 1.807) is 19.2 Å². The number of methoxy groups -OCH3 is 1. The van der Waals surface area contributed by atoms with Crippen LogP contribution in [0.25, 0.3) is 0 Å². The largest absolute Gasteiger partial charge is 0.493 e. The highest BCUT2D eigenvalue weighted by Crippen LogP contribution is 2.29. The lowest BCUT2D eigenvalue weighted by molar-refractivity contribution is -0.0512. The molecule has 0 radical (unpaired) electrons. The van der Waals surface area contributed by atoms with E-state index in [1.165, 1.54) is 7.11 Å². The summed E-state index contributed by atoms with van der Waals surface area (Å²) in [6.45, 7) is 2.32. The van der Waals surface area contributed by atoms with E-state index in [4.69, 9.17) is 9.47 Å². The zero-order chi connectivity index (χ0) is 19.6. The van der Waals surface area contributed by atoms with Crippen molar-refractivity contribution in [2.45, 2.75) is 38.9 Å². The molecule has 6 nitrogen and oxygen atoms in total. The summed E-state index contributed by atoms with van der Waals surface area (Å²) in [7, 11) is 3.19. The molecule has 0 amide bonds. The first kappa shape index (κ1) is 21.2. The first-order valence-corrected chi connectivity index (χ1v) is 9.26. The molecule has 2 rings (SSSR count). The molecule has 8 heteroatoms. The van der Waals surface area contributed by atoms with E-state index in [-0.39, 0.29) is 5.75 Å². The monoisotopic (exact) mass is 385 g/mol. The molecule has 27 heavy (non-hydrogen) atoms. The number of piperidine rings is 1. The minimum absolute atomic E-state index is 0.0485. The SMILES string of the molecule is CCOC1CCN(C(=NC)NCCc2ccc(OC)c(OC(F)F)c2)CC1. The van der Waals surface area contributed by atoms with E-state index in [0.29, 0.717) is 24.8 Å². The lowest BCUT2D eigenvalue weighted by Crippen LogP contribution is -2.47. The molecule has 1 N–H and O–H groups in total. The minimum atomic E-state index is -2.88. The lowest BCUT2D eigenvalue weighted by atomic mass is 10.1. The number of halogens is 2. The van der Waals surface area contributed by atoms with Crippen LogP contribution in [-0.2, 0) is 11.2 Å². The predicted octanol–water partition coefficient (Wildman–Crippen LogP) is 2.92. The van der Waals surface area contributed by atoms with E-state index < -0.39 is 6.61 Å². The Hall–Kier alpha value is -2.09. The number of hydrogen-bond acceptors (Lipinski definition) is 4. The lowest BCUT2D eigenvalue weighted by Gasteiger charge is -2.34. The van der Waals surface area contributed by atoms with Crippen molar-refractivity contribution in [3.8, 4) is 11.5 Å². The van der Waals surface area contributed by atoms with E-state index in [0.717, 1.165) is 44.1 Å². The predicted molar refractivity (Wildman–Crippen MR) is 101 cm³/mol. The molecule has 0 spiro atoms. The second kappa shape index (κ2) is 10.9. The van der Waals surface area contributed by atoms with Gasteiger partial charge in [-0.15, -0.1) is 0 Å². The number of rotatable bonds is 8. The summed E-state index contributed by atoms with van der Waals surface area (Å²) in [5, 5.41) is 3.34. The van der Waals surface area contributed by atoms with Crippen molar-refractivity contribution < 1.29 is 23.0 Å². The van der Waals surface area contributed by atoms with Crippen LogP contribution in [0.1, 0.15) is 25.3 Å². The molecule has 0 unspecified atom stereocenters. The molecule has 0 aromatic heterocycles. The highest BCUT2D eigenvalue weighted by molar-refractivity contribution is 5.80. The molecule has 1 heterocycles. The Morgan fingerprint density at radius 1 is 1.30 bits per heavy atom. The number of guanidine groups is 1. The Labute approximate surface area is 159 Å². The van der Waals surface area contributed by atoms with Gasteiger partial charge >= 0.3 is 6.61 Å². The van der Waals surface area contributed by atoms with Crippen molar-refractivity contribution in [1.29, 1.82) is 0 Å². The van der Waals surface area contributed by atoms with Crippen molar-refractivity contribution in [2.24, 2.45) is 4.99 Å². The van der Waals surface area contributed by atoms with Crippen LogP contribution >= 0.6 is 0 Å². The second-order valence-corrected chi connectivity index (χ2v) is 6.23. The summed E-state index contributed by atoms with van der Waals surface area (Å²) in [5.41, 5.74) is 0.879. The summed E-state index contributed by atoms with van der Waals surface area (Å²) in [5.74, 6) is 1.19. The van der Waals surface area contributed by atoms with Gasteiger partial charge in [-0.2, -0.15) is 8.78 Å². The Balaban J connectivity index is 1.85. The highest BCUT2D eigenvalue weighted by Gasteiger charge is 2.21. The van der Waals surface area contributed by atoms with E-state index >= 15 is 0 Å². The van der Waals surface area contributed by atoms with Crippen molar-refractivity contribution in [1.82, 2.24) is 10.2 Å². The molecule has 1 aromatic carbocycles. The van der Waals surface area contributed by atoms with Crippen molar-refractivity contribution >= 4 is 5.96 Å². The van der Waals surface area contributed by atoms with Gasteiger partial charge in [-0.05, 0) is 43.9 Å². The van der Waals surface area contributed by atoms with Gasteiger partial charge in [-0.1, -0.05) is 6.07 Å². The molecule has 0 bridgehead atoms. The number of nitrogens with zero attached hydrogens (tertiary/aromatic N) is 2. The number of benzene rings is 1. The second-order valence-electron chi connectivity index (χ2n) is 6.23. The van der Waals surface area contributed by atoms with Crippen LogP contribution in [0.4, 0.5) is 8.78 Å². The van der Waals surface area contributed by atoms with Crippen LogP contribution in [-0.4, -0.2) is 64.0 Å². The van der Waals surface area contributed by atoms with Crippen LogP contribution in [0, 0.1) is 0 Å². The minimum Gasteiger partial charge on any atom is -0.493 e. The van der Waals surface area contributed by atoms with Crippen molar-refractivity contribution in [3.63, 3.8) is 0 Å². The Morgan fingerprint density at radius 2 is 2.04 bits per heavy atom. The third kappa shape index (κ3) is 6.53. The van der Waals surface area contributed by atoms with Gasteiger partial charge in [0.1, 0.15) is 0 Å². The first-order chi connectivity index (χ1) is 13.1. The number of nitrogens with one attached hydrogen (secondary N) is 1. The number of alkyl halides is 2. The van der Waals surface area contributed by atoms with Crippen molar-refractivity contribution in [2.75, 3.05) is 40.4 Å². The van der Waals surface area contributed by atoms with Crippen LogP contribution in [0.2, 0.25) is 0 Å². The molecule has 0 aliphatic carbocycles. The van der Waals surface area contributed by atoms with Crippen molar-refractivity contribution in [3.05, 3.63) is 23.8 Å². The average molecular weight is 385 g/mol. The summed E-state index contributed by atoms with van der Waals surface area (Å²) < 4.78 is 40.3. The molecular formula is C19H29F2N3O3. The molecule has 1 aliphatic rings. The quantitative estimate of drug-likeness (QED) is 0.551. The average Bonchev–Trinajstić information content (AvgIpc) is 2.66. The van der Waals surface area contributed by atoms with Crippen LogP contribution in [0.3, 0.4) is 0 Å². The molecule has 1 aromatic rings. The van der Waals surface area contributed by atoms with Gasteiger partial charge in [0.25, 0.3) is 0 Å². The van der Waals surface area contributed by atoms with E-state index in [9.17, 15) is 8.78 Å². The topological polar surface area (TPSA) is 55.3 Å². The normalized spacial score (nSPS) is 15.9. The van der Waals surface area contributed by atoms with Crippen LogP contribution in [0.15, 0.2) is 23.2 Å². The number of hydrogen-bond donors (Lipinski definition) is 1. The smallest absolute Gasteiger partial charge is 0.387 e. The fourth-order valence-electron chi connectivity index (χ4n) is 3.19. The Bertz CT molecular complexity index is 606. The van der Waals surface area contributed by atoms with Crippen LogP contribution in [0.5, 0.6) is 11.5 Å². The van der Waals surface area contributed by atoms with Gasteiger partial charge in [0.05, 0.1) is 13.2 Å². The third-order valence-electron chi connectivity index (χ3n) is 4.50. The summed E-state index contributed by atoms with van der Waals surface area (Å²) in [6.07, 6.45) is 2.96. The standard InChI is InChI=1S/C19H29F2N3O3/c1-4-26-15-8-11-24(12-9-15)19(22-2)23-10-7-14-5-6-16(25-3)17(13-14)27-18(20)21/h5-6,13,15,18H,4,7-12H2,1-3H3,(H,22,23). The molecule has 152 valence electrons. The molecule has 1 aliphatic heterocycles. The maximum atomic E-state index is 12.5. The first-order valence-electron chi connectivity index (χ1n) is 9.26. The number of likely N-dealkylation sites (tertiary alicyclic amines) is 1. The molecule has 1 fully saturated rings. The van der Waals surface area contributed by atoms with Gasteiger partial charge in [-0.25, -0.2) is 0 Å². The number of ether oxygens (including phenoxy) is 3. The maximum Gasteiger partial charge on any atom is 0.387 e. The van der Waals surface area contributed by atoms with E-state index in [1.807, 2.05) is 13.0 Å². The Morgan fingerprint density at radius 3 is 2.63 bits per heavy atom. The van der Waals surface area contributed by atoms with Crippen LogP contribution < -0.4 is 14.8 Å². The number of aliphatic imine (C=N–C) groups is 1. The summed E-state index contributed by atoms with van der Waals surface area (Å²) in [6, 6.07) is 5.07. The third-order valence-corrected chi connectivity index (χ3v) is 4.50. The molecule has 0 saturated carbocycles.